The second-order valence-electron chi connectivity index (χ2n) is 5.67. The molecule has 1 saturated heterocycles. The molecule has 1 aliphatic heterocycles. The van der Waals surface area contributed by atoms with Gasteiger partial charge in [-0.1, -0.05) is 0 Å². The first-order chi connectivity index (χ1) is 12.6. The number of esters is 3. The van der Waals surface area contributed by atoms with Crippen molar-refractivity contribution in [2.45, 2.75) is 45.3 Å². The summed E-state index contributed by atoms with van der Waals surface area (Å²) >= 11 is 1.84. The highest BCUT2D eigenvalue weighted by Crippen LogP contribution is 2.35. The Morgan fingerprint density at radius 2 is 1.74 bits per heavy atom. The zero-order valence-electron chi connectivity index (χ0n) is 14.7. The Morgan fingerprint density at radius 3 is 2.22 bits per heavy atom. The van der Waals surface area contributed by atoms with Crippen LogP contribution in [0.4, 0.5) is 0 Å². The van der Waals surface area contributed by atoms with Crippen molar-refractivity contribution in [1.82, 2.24) is 9.55 Å². The topological polar surface area (TPSA) is 149 Å². The molecule has 4 unspecified atom stereocenters. The quantitative estimate of drug-likeness (QED) is 0.325. The zero-order chi connectivity index (χ0) is 20.3. The van der Waals surface area contributed by atoms with Crippen molar-refractivity contribution in [2.24, 2.45) is 5.73 Å². The minimum absolute atomic E-state index is 0.00764. The van der Waals surface area contributed by atoms with Gasteiger partial charge in [-0.15, -0.1) is 0 Å². The zero-order valence-corrected chi connectivity index (χ0v) is 16.9. The molecule has 0 saturated carbocycles. The smallest absolute Gasteiger partial charge is 0.303 e. The molecule has 0 spiro atoms. The SMILES string of the molecule is CC(=O)OCC1OC(n2cnc(C(N)=O)c2I)C(OC(C)=O)C1OC(C)=O. The predicted molar refractivity (Wildman–Crippen MR) is 95.1 cm³/mol. The van der Waals surface area contributed by atoms with Gasteiger partial charge in [-0.3, -0.25) is 23.7 Å². The number of primary amides is 1. The summed E-state index contributed by atoms with van der Waals surface area (Å²) in [4.78, 5) is 49.6. The molecular weight excluding hydrogens is 477 g/mol. The second-order valence-corrected chi connectivity index (χ2v) is 6.69. The minimum atomic E-state index is -1.06. The van der Waals surface area contributed by atoms with Gasteiger partial charge < -0.3 is 24.7 Å². The molecule has 1 aliphatic rings. The van der Waals surface area contributed by atoms with Crippen LogP contribution in [-0.4, -0.2) is 58.3 Å². The van der Waals surface area contributed by atoms with E-state index in [2.05, 4.69) is 4.98 Å². The molecule has 1 aromatic heterocycles. The van der Waals surface area contributed by atoms with E-state index in [9.17, 15) is 19.2 Å². The van der Waals surface area contributed by atoms with Crippen molar-refractivity contribution < 1.29 is 38.1 Å². The molecule has 2 rings (SSSR count). The van der Waals surface area contributed by atoms with Crippen LogP contribution in [0.25, 0.3) is 0 Å². The number of aromatic nitrogens is 2. The number of carbonyl (C=O) groups excluding carboxylic acids is 4. The van der Waals surface area contributed by atoms with Crippen molar-refractivity contribution in [3.8, 4) is 0 Å². The van der Waals surface area contributed by atoms with E-state index >= 15 is 0 Å². The lowest BCUT2D eigenvalue weighted by atomic mass is 10.1. The van der Waals surface area contributed by atoms with E-state index in [1.54, 1.807) is 0 Å². The normalized spacial score (nSPS) is 24.3. The van der Waals surface area contributed by atoms with E-state index in [4.69, 9.17) is 24.7 Å². The lowest BCUT2D eigenvalue weighted by Gasteiger charge is -2.24. The third-order valence-electron chi connectivity index (χ3n) is 3.58. The van der Waals surface area contributed by atoms with Crippen LogP contribution in [0, 0.1) is 3.70 Å². The molecule has 11 nitrogen and oxygen atoms in total. The molecule has 1 aromatic rings. The summed E-state index contributed by atoms with van der Waals surface area (Å²) in [6.45, 7) is 3.37. The molecule has 4 atom stereocenters. The molecule has 1 fully saturated rings. The van der Waals surface area contributed by atoms with Gasteiger partial charge in [-0.25, -0.2) is 4.98 Å². The average Bonchev–Trinajstić information content (AvgIpc) is 3.06. The maximum Gasteiger partial charge on any atom is 0.303 e. The van der Waals surface area contributed by atoms with E-state index in [1.165, 1.54) is 31.7 Å². The van der Waals surface area contributed by atoms with Crippen molar-refractivity contribution in [1.29, 1.82) is 0 Å². The minimum Gasteiger partial charge on any atom is -0.463 e. The fourth-order valence-corrected chi connectivity index (χ4v) is 3.41. The number of amides is 1. The highest BCUT2D eigenvalue weighted by molar-refractivity contribution is 14.1. The molecule has 0 aliphatic carbocycles. The number of nitrogens with two attached hydrogens (primary N) is 1. The van der Waals surface area contributed by atoms with Crippen molar-refractivity contribution in [2.75, 3.05) is 6.61 Å². The predicted octanol–water partition coefficient (Wildman–Crippen LogP) is -0.0895. The third-order valence-corrected chi connectivity index (χ3v) is 4.65. The lowest BCUT2D eigenvalue weighted by molar-refractivity contribution is -0.166. The van der Waals surface area contributed by atoms with Crippen molar-refractivity contribution in [3.63, 3.8) is 0 Å². The summed E-state index contributed by atoms with van der Waals surface area (Å²) in [6, 6.07) is 0. The number of hydrogen-bond donors (Lipinski definition) is 1. The van der Waals surface area contributed by atoms with E-state index in [-0.39, 0.29) is 12.3 Å². The van der Waals surface area contributed by atoms with E-state index in [0.29, 0.717) is 3.70 Å². The molecule has 0 radical (unpaired) electrons. The molecular formula is C15H18IN3O8. The molecule has 12 heteroatoms. The highest BCUT2D eigenvalue weighted by Gasteiger charge is 2.51. The number of hydrogen-bond acceptors (Lipinski definition) is 9. The lowest BCUT2D eigenvalue weighted by Crippen LogP contribution is -2.40. The first kappa shape index (κ1) is 21.1. The third kappa shape index (κ3) is 4.94. The standard InChI is InChI=1S/C15H18IN3O8/c1-6(20)24-4-9-11(25-7(2)21)12(26-8(3)22)15(27-9)19-5-18-10(13(19)16)14(17)23/h5,9,11-12,15H,4H2,1-3H3,(H2,17,23). The largest absolute Gasteiger partial charge is 0.463 e. The van der Waals surface area contributed by atoms with Gasteiger partial charge in [0.25, 0.3) is 5.91 Å². The summed E-state index contributed by atoms with van der Waals surface area (Å²) in [6.07, 6.45) is -2.68. The number of imidazole rings is 1. The van der Waals surface area contributed by atoms with Crippen LogP contribution in [0.3, 0.4) is 0 Å². The van der Waals surface area contributed by atoms with Crippen LogP contribution >= 0.6 is 22.6 Å². The van der Waals surface area contributed by atoms with Gasteiger partial charge in [0.2, 0.25) is 0 Å². The van der Waals surface area contributed by atoms with E-state index in [0.717, 1.165) is 0 Å². The summed E-state index contributed by atoms with van der Waals surface area (Å²) in [5, 5.41) is 0. The Labute approximate surface area is 167 Å². The van der Waals surface area contributed by atoms with Gasteiger partial charge in [-0.2, -0.15) is 0 Å². The summed E-state index contributed by atoms with van der Waals surface area (Å²) in [5.74, 6) is -2.56. The van der Waals surface area contributed by atoms with Crippen molar-refractivity contribution >= 4 is 46.4 Å². The maximum atomic E-state index is 11.6. The van der Waals surface area contributed by atoms with Crippen LogP contribution in [0.5, 0.6) is 0 Å². The van der Waals surface area contributed by atoms with Gasteiger partial charge >= 0.3 is 17.9 Å². The van der Waals surface area contributed by atoms with Gasteiger partial charge in [-0.05, 0) is 22.6 Å². The van der Waals surface area contributed by atoms with Gasteiger partial charge in [0.1, 0.15) is 16.4 Å². The molecule has 27 heavy (non-hydrogen) atoms. The Bertz CT molecular complexity index is 764. The van der Waals surface area contributed by atoms with Crippen LogP contribution in [0.1, 0.15) is 37.5 Å². The van der Waals surface area contributed by atoms with Crippen LogP contribution in [0.2, 0.25) is 0 Å². The second kappa shape index (κ2) is 8.65. The molecule has 0 aromatic carbocycles. The Hall–Kier alpha value is -2.22. The first-order valence-electron chi connectivity index (χ1n) is 7.77. The van der Waals surface area contributed by atoms with E-state index < -0.39 is 48.4 Å². The molecule has 2 N–H and O–H groups in total. The number of nitrogens with zero attached hydrogens (tertiary/aromatic N) is 2. The number of carbonyl (C=O) groups is 4. The van der Waals surface area contributed by atoms with Crippen molar-refractivity contribution in [3.05, 3.63) is 15.7 Å². The molecule has 2 heterocycles. The Kier molecular flexibility index (Phi) is 6.75. The maximum absolute atomic E-state index is 11.6. The molecule has 1 amide bonds. The molecule has 0 bridgehead atoms. The molecule has 148 valence electrons. The first-order valence-corrected chi connectivity index (χ1v) is 8.85. The summed E-state index contributed by atoms with van der Waals surface area (Å²) in [7, 11) is 0. The van der Waals surface area contributed by atoms with Gasteiger partial charge in [0.15, 0.2) is 24.1 Å². The van der Waals surface area contributed by atoms with Crippen LogP contribution < -0.4 is 5.73 Å². The summed E-state index contributed by atoms with van der Waals surface area (Å²) < 4.78 is 23.1. The number of ether oxygens (including phenoxy) is 4. The Morgan fingerprint density at radius 1 is 1.15 bits per heavy atom. The number of halogens is 1. The monoisotopic (exact) mass is 495 g/mol. The summed E-state index contributed by atoms with van der Waals surface area (Å²) in [5.41, 5.74) is 5.28. The fourth-order valence-electron chi connectivity index (χ4n) is 2.61. The van der Waals surface area contributed by atoms with Crippen LogP contribution in [-0.2, 0) is 33.3 Å². The van der Waals surface area contributed by atoms with E-state index in [1.807, 2.05) is 22.6 Å². The average molecular weight is 495 g/mol. The van der Waals surface area contributed by atoms with Gasteiger partial charge in [0.05, 0.1) is 6.33 Å². The highest BCUT2D eigenvalue weighted by atomic mass is 127. The fraction of sp³-hybridized carbons (Fsp3) is 0.533. The number of rotatable bonds is 6. The van der Waals surface area contributed by atoms with Crippen LogP contribution in [0.15, 0.2) is 6.33 Å². The van der Waals surface area contributed by atoms with Gasteiger partial charge in [0, 0.05) is 20.8 Å². The Balaban J connectivity index is 2.41.